The number of hydrogen-bond acceptors (Lipinski definition) is 6. The third-order valence-electron chi connectivity index (χ3n) is 5.31. The minimum atomic E-state index is -0.700. The van der Waals surface area contributed by atoms with E-state index in [1.54, 1.807) is 29.2 Å². The number of aromatic nitrogens is 3. The van der Waals surface area contributed by atoms with Gasteiger partial charge in [-0.25, -0.2) is 13.9 Å². The highest BCUT2D eigenvalue weighted by Gasteiger charge is 2.57. The van der Waals surface area contributed by atoms with Crippen LogP contribution in [0.25, 0.3) is 0 Å². The summed E-state index contributed by atoms with van der Waals surface area (Å²) in [6.07, 6.45) is 2.40. The maximum Gasteiger partial charge on any atom is 0.414 e. The van der Waals surface area contributed by atoms with Gasteiger partial charge in [-0.15, -0.1) is 5.10 Å². The van der Waals surface area contributed by atoms with Gasteiger partial charge in [0.25, 0.3) is 0 Å². The van der Waals surface area contributed by atoms with Crippen LogP contribution in [0, 0.1) is 11.2 Å². The van der Waals surface area contributed by atoms with Crippen molar-refractivity contribution in [2.45, 2.75) is 12.6 Å². The smallest absolute Gasteiger partial charge is 0.414 e. The quantitative estimate of drug-likeness (QED) is 0.723. The van der Waals surface area contributed by atoms with Crippen LogP contribution in [0.1, 0.15) is 0 Å². The van der Waals surface area contributed by atoms with Crippen LogP contribution >= 0.6 is 0 Å². The molecule has 2 aromatic rings. The number of hydrogen-bond donors (Lipinski definition) is 0. The molecular formula is C17H18FN5O3S. The first-order valence-electron chi connectivity index (χ1n) is 8.73. The maximum absolute atomic E-state index is 14.7. The van der Waals surface area contributed by atoms with Gasteiger partial charge in [0, 0.05) is 19.3 Å². The summed E-state index contributed by atoms with van der Waals surface area (Å²) >= 11 is -0.700. The van der Waals surface area contributed by atoms with Crippen molar-refractivity contribution in [3.8, 4) is 0 Å². The Morgan fingerprint density at radius 1 is 1.37 bits per heavy atom. The van der Waals surface area contributed by atoms with Crippen LogP contribution < -0.4 is 9.80 Å². The molecular weight excluding hydrogens is 373 g/mol. The molecule has 142 valence electrons. The summed E-state index contributed by atoms with van der Waals surface area (Å²) in [6, 6.07) is 4.81. The molecule has 4 heterocycles. The van der Waals surface area contributed by atoms with Crippen molar-refractivity contribution in [2.75, 3.05) is 40.9 Å². The summed E-state index contributed by atoms with van der Waals surface area (Å²) in [4.78, 5) is 15.6. The summed E-state index contributed by atoms with van der Waals surface area (Å²) in [5.74, 6) is 1.07. The van der Waals surface area contributed by atoms with Crippen molar-refractivity contribution in [3.05, 3.63) is 36.4 Å². The van der Waals surface area contributed by atoms with E-state index >= 15 is 0 Å². The van der Waals surface area contributed by atoms with Crippen LogP contribution in [0.15, 0.2) is 30.6 Å². The van der Waals surface area contributed by atoms with Gasteiger partial charge in [-0.1, -0.05) is 16.4 Å². The van der Waals surface area contributed by atoms with Gasteiger partial charge in [0.05, 0.1) is 36.1 Å². The highest BCUT2D eigenvalue weighted by atomic mass is 32.2. The number of carbonyl (C=O) groups is 1. The Balaban J connectivity index is 1.26. The van der Waals surface area contributed by atoms with Gasteiger partial charge in [-0.2, -0.15) is 0 Å². The van der Waals surface area contributed by atoms with Crippen molar-refractivity contribution in [1.82, 2.24) is 15.0 Å². The van der Waals surface area contributed by atoms with Crippen LogP contribution in [0.5, 0.6) is 0 Å². The molecule has 1 spiro atoms. The van der Waals surface area contributed by atoms with E-state index in [1.807, 2.05) is 4.90 Å². The molecule has 10 heteroatoms. The minimum Gasteiger partial charge on any atom is -0.616 e. The van der Waals surface area contributed by atoms with Crippen molar-refractivity contribution in [1.29, 1.82) is 0 Å². The highest BCUT2D eigenvalue weighted by molar-refractivity contribution is 7.92. The summed E-state index contributed by atoms with van der Waals surface area (Å²) in [5, 5.41) is 7.59. The number of amides is 1. The van der Waals surface area contributed by atoms with Crippen LogP contribution in [0.4, 0.5) is 20.6 Å². The molecule has 27 heavy (non-hydrogen) atoms. The molecule has 0 saturated carbocycles. The number of benzene rings is 1. The lowest BCUT2D eigenvalue weighted by Gasteiger charge is -2.55. The van der Waals surface area contributed by atoms with E-state index in [0.717, 1.165) is 24.6 Å². The molecule has 3 fully saturated rings. The van der Waals surface area contributed by atoms with Crippen molar-refractivity contribution >= 4 is 28.6 Å². The molecule has 3 aliphatic rings. The second-order valence-corrected chi connectivity index (χ2v) is 8.92. The number of halogens is 1. The SMILES string of the molecule is O=C1O[C@@H](Cn2ccnn2)CN1c1ccc(N2CC3(C2)C[S+]([O-])C3)c(F)c1. The van der Waals surface area contributed by atoms with E-state index in [2.05, 4.69) is 10.3 Å². The first-order valence-corrected chi connectivity index (χ1v) is 10.2. The molecule has 1 aromatic carbocycles. The average Bonchev–Trinajstić information content (AvgIpc) is 3.20. The van der Waals surface area contributed by atoms with Gasteiger partial charge in [-0.05, 0) is 18.2 Å². The maximum atomic E-state index is 14.7. The van der Waals surface area contributed by atoms with Crippen LogP contribution in [-0.2, 0) is 22.5 Å². The predicted octanol–water partition coefficient (Wildman–Crippen LogP) is 1.01. The van der Waals surface area contributed by atoms with Crippen molar-refractivity contribution in [2.24, 2.45) is 5.41 Å². The third kappa shape index (κ3) is 2.92. The molecule has 1 atom stereocenters. The van der Waals surface area contributed by atoms with Crippen LogP contribution in [0.3, 0.4) is 0 Å². The first kappa shape index (κ1) is 16.8. The Labute approximate surface area is 158 Å². The standard InChI is InChI=1S/C17H18FN5O3S/c18-14-5-12(1-2-15(14)21-8-17(9-21)10-27(25)11-17)23-7-13(26-16(23)24)6-22-4-3-19-20-22/h1-5,13H,6-11H2/t13-/m0/s1. The van der Waals surface area contributed by atoms with E-state index < -0.39 is 17.3 Å². The molecule has 0 unspecified atom stereocenters. The number of anilines is 2. The van der Waals surface area contributed by atoms with Crippen LogP contribution in [0.2, 0.25) is 0 Å². The number of rotatable bonds is 4. The lowest BCUT2D eigenvalue weighted by molar-refractivity contribution is 0.129. The largest absolute Gasteiger partial charge is 0.616 e. The summed E-state index contributed by atoms with van der Waals surface area (Å²) in [5.41, 5.74) is 1.11. The second kappa shape index (κ2) is 6.10. The number of cyclic esters (lactones) is 1. The third-order valence-corrected chi connectivity index (χ3v) is 7.18. The summed E-state index contributed by atoms with van der Waals surface area (Å²) in [6.45, 7) is 2.21. The Bertz CT molecular complexity index is 865. The molecule has 8 nitrogen and oxygen atoms in total. The van der Waals surface area contributed by atoms with E-state index in [4.69, 9.17) is 4.74 Å². The lowest BCUT2D eigenvalue weighted by atomic mass is 9.82. The minimum absolute atomic E-state index is 0.114. The molecule has 1 aromatic heterocycles. The van der Waals surface area contributed by atoms with E-state index in [1.165, 1.54) is 11.0 Å². The molecule has 0 bridgehead atoms. The molecule has 0 aliphatic carbocycles. The summed E-state index contributed by atoms with van der Waals surface area (Å²) < 4.78 is 32.9. The highest BCUT2D eigenvalue weighted by Crippen LogP contribution is 2.44. The second-order valence-electron chi connectivity index (χ2n) is 7.46. The summed E-state index contributed by atoms with van der Waals surface area (Å²) in [7, 11) is 0. The fourth-order valence-electron chi connectivity index (χ4n) is 4.04. The average molecular weight is 391 g/mol. The van der Waals surface area contributed by atoms with Gasteiger partial charge in [0.1, 0.15) is 23.4 Å². The monoisotopic (exact) mass is 391 g/mol. The van der Waals surface area contributed by atoms with Gasteiger partial charge in [0.15, 0.2) is 0 Å². The molecule has 0 radical (unpaired) electrons. The normalized spacial score (nSPS) is 24.1. The molecule has 0 N–H and O–H groups in total. The molecule has 5 rings (SSSR count). The predicted molar refractivity (Wildman–Crippen MR) is 96.6 cm³/mol. The topological polar surface area (TPSA) is 86.6 Å². The Kier molecular flexibility index (Phi) is 3.80. The lowest BCUT2D eigenvalue weighted by Crippen LogP contribution is -2.68. The van der Waals surface area contributed by atoms with Gasteiger partial charge < -0.3 is 14.2 Å². The van der Waals surface area contributed by atoms with E-state index in [9.17, 15) is 13.7 Å². The zero-order valence-electron chi connectivity index (χ0n) is 14.5. The fourth-order valence-corrected chi connectivity index (χ4v) is 5.69. The number of nitrogens with zero attached hydrogens (tertiary/aromatic N) is 5. The van der Waals surface area contributed by atoms with Crippen molar-refractivity contribution in [3.63, 3.8) is 0 Å². The van der Waals surface area contributed by atoms with Crippen molar-refractivity contribution < 1.29 is 18.5 Å². The zero-order chi connectivity index (χ0) is 18.6. The first-order chi connectivity index (χ1) is 13.0. The van der Waals surface area contributed by atoms with Gasteiger partial charge >= 0.3 is 6.09 Å². The number of carbonyl (C=O) groups excluding carboxylic acids is 1. The Morgan fingerprint density at radius 3 is 2.85 bits per heavy atom. The van der Waals surface area contributed by atoms with Crippen LogP contribution in [-0.4, -0.2) is 62.9 Å². The molecule has 3 aliphatic heterocycles. The van der Waals surface area contributed by atoms with Gasteiger partial charge in [-0.3, -0.25) is 4.90 Å². The fraction of sp³-hybridized carbons (Fsp3) is 0.471. The molecule has 3 saturated heterocycles. The van der Waals surface area contributed by atoms with Gasteiger partial charge in [0.2, 0.25) is 0 Å². The zero-order valence-corrected chi connectivity index (χ0v) is 15.3. The van der Waals surface area contributed by atoms with E-state index in [-0.39, 0.29) is 17.3 Å². The Hall–Kier alpha value is -2.33. The molecule has 1 amide bonds. The number of ether oxygens (including phenoxy) is 1. The Morgan fingerprint density at radius 2 is 2.19 bits per heavy atom. The van der Waals surface area contributed by atoms with E-state index in [0.29, 0.717) is 24.5 Å².